The lowest BCUT2D eigenvalue weighted by Crippen LogP contribution is -1.99. The van der Waals surface area contributed by atoms with Crippen molar-refractivity contribution in [2.45, 2.75) is 19.8 Å². The number of fused-ring (bicyclic) bond motifs is 4. The van der Waals surface area contributed by atoms with E-state index < -0.39 is 0 Å². The Morgan fingerprint density at radius 3 is 1.94 bits per heavy atom. The van der Waals surface area contributed by atoms with Gasteiger partial charge >= 0.3 is 0 Å². The van der Waals surface area contributed by atoms with E-state index in [0.29, 0.717) is 0 Å². The second-order valence-electron chi connectivity index (χ2n) is 5.59. The third-order valence-electron chi connectivity index (χ3n) is 4.76. The minimum absolute atomic E-state index is 0.799. The minimum atomic E-state index is 0.799. The molecule has 2 aliphatic carbocycles. The molecule has 2 aromatic carbocycles. The Labute approximate surface area is 102 Å². The lowest BCUT2D eigenvalue weighted by Gasteiger charge is -2.24. The van der Waals surface area contributed by atoms with Gasteiger partial charge in [-0.05, 0) is 45.6 Å². The summed E-state index contributed by atoms with van der Waals surface area (Å²) in [6.45, 7) is 4.73. The van der Waals surface area contributed by atoms with Gasteiger partial charge in [-0.15, -0.1) is 0 Å². The van der Waals surface area contributed by atoms with E-state index in [0.717, 1.165) is 17.8 Å². The van der Waals surface area contributed by atoms with Crippen molar-refractivity contribution in [3.8, 4) is 22.3 Å². The van der Waals surface area contributed by atoms with Crippen LogP contribution in [0.2, 0.25) is 0 Å². The zero-order valence-electron chi connectivity index (χ0n) is 10.3. The van der Waals surface area contributed by atoms with E-state index >= 15 is 0 Å². The normalized spacial score (nSPS) is 28.0. The highest BCUT2D eigenvalue weighted by Crippen LogP contribution is 2.55. The molecule has 0 aromatic heterocycles. The molecule has 0 amide bonds. The van der Waals surface area contributed by atoms with Crippen molar-refractivity contribution in [1.29, 1.82) is 0 Å². The summed E-state index contributed by atoms with van der Waals surface area (Å²) in [5, 5.41) is 0. The number of rotatable bonds is 1. The van der Waals surface area contributed by atoms with E-state index in [4.69, 9.17) is 0 Å². The molecule has 3 atom stereocenters. The molecule has 0 bridgehead atoms. The molecule has 0 heteroatoms. The topological polar surface area (TPSA) is 0 Å². The second-order valence-corrected chi connectivity index (χ2v) is 5.59. The van der Waals surface area contributed by atoms with Crippen LogP contribution >= 0.6 is 0 Å². The van der Waals surface area contributed by atoms with Crippen LogP contribution in [0.4, 0.5) is 0 Å². The average molecular weight is 220 g/mol. The lowest BCUT2D eigenvalue weighted by molar-refractivity contribution is 0.834. The van der Waals surface area contributed by atoms with E-state index in [2.05, 4.69) is 56.3 Å². The molecular formula is C17H16. The first-order valence-electron chi connectivity index (χ1n) is 6.51. The molecule has 1 fully saturated rings. The van der Waals surface area contributed by atoms with E-state index in [1.807, 2.05) is 0 Å². The highest BCUT2D eigenvalue weighted by molar-refractivity contribution is 6.02. The van der Waals surface area contributed by atoms with E-state index in [1.54, 1.807) is 5.56 Å². The Balaban J connectivity index is 1.79. The van der Waals surface area contributed by atoms with Crippen LogP contribution in [0, 0.1) is 11.8 Å². The maximum atomic E-state index is 2.42. The molecule has 17 heavy (non-hydrogen) atoms. The van der Waals surface area contributed by atoms with Crippen LogP contribution in [0.15, 0.2) is 42.5 Å². The Morgan fingerprint density at radius 1 is 0.706 bits per heavy atom. The largest absolute Gasteiger partial charge is 0.0616 e. The van der Waals surface area contributed by atoms with E-state index in [1.165, 1.54) is 22.3 Å². The molecular weight excluding hydrogens is 204 g/mol. The van der Waals surface area contributed by atoms with Gasteiger partial charge in [0.15, 0.2) is 0 Å². The number of hydrogen-bond donors (Lipinski definition) is 0. The highest BCUT2D eigenvalue weighted by atomic mass is 14.5. The van der Waals surface area contributed by atoms with Gasteiger partial charge in [-0.2, -0.15) is 0 Å². The van der Waals surface area contributed by atoms with Crippen molar-refractivity contribution < 1.29 is 0 Å². The third-order valence-corrected chi connectivity index (χ3v) is 4.76. The van der Waals surface area contributed by atoms with Crippen LogP contribution in [-0.2, 0) is 0 Å². The van der Waals surface area contributed by atoms with E-state index in [-0.39, 0.29) is 0 Å². The molecule has 1 unspecified atom stereocenters. The van der Waals surface area contributed by atoms with Crippen molar-refractivity contribution in [1.82, 2.24) is 0 Å². The van der Waals surface area contributed by atoms with Gasteiger partial charge in [-0.1, -0.05) is 56.3 Å². The molecule has 2 aliphatic rings. The molecule has 0 N–H and O–H groups in total. The fourth-order valence-electron chi connectivity index (χ4n) is 3.39. The summed E-state index contributed by atoms with van der Waals surface area (Å²) >= 11 is 0. The maximum Gasteiger partial charge on any atom is -0.00961 e. The molecule has 0 radical (unpaired) electrons. The predicted octanol–water partition coefficient (Wildman–Crippen LogP) is 4.70. The van der Waals surface area contributed by atoms with Gasteiger partial charge in [0.2, 0.25) is 0 Å². The summed E-state index contributed by atoms with van der Waals surface area (Å²) in [7, 11) is 0. The SMILES string of the molecule is C[C@@H]1C(c2ccc3c(c2)-c2ccccc2-3)[C@@H]1C. The molecule has 2 aromatic rings. The van der Waals surface area contributed by atoms with Gasteiger partial charge in [-0.3, -0.25) is 0 Å². The Bertz CT molecular complexity index is 601. The molecule has 0 heterocycles. The fraction of sp³-hybridized carbons (Fsp3) is 0.294. The summed E-state index contributed by atoms with van der Waals surface area (Å²) in [6, 6.07) is 15.8. The minimum Gasteiger partial charge on any atom is -0.0616 e. The van der Waals surface area contributed by atoms with Gasteiger partial charge < -0.3 is 0 Å². The van der Waals surface area contributed by atoms with Crippen LogP contribution in [0.5, 0.6) is 0 Å². The summed E-state index contributed by atoms with van der Waals surface area (Å²) in [6.07, 6.45) is 0. The molecule has 1 saturated carbocycles. The molecule has 0 saturated heterocycles. The monoisotopic (exact) mass is 220 g/mol. The summed E-state index contributed by atoms with van der Waals surface area (Å²) in [5.41, 5.74) is 7.30. The van der Waals surface area contributed by atoms with Crippen molar-refractivity contribution in [2.75, 3.05) is 0 Å². The quantitative estimate of drug-likeness (QED) is 0.557. The first kappa shape index (κ1) is 9.47. The lowest BCUT2D eigenvalue weighted by atomic mass is 9.79. The zero-order chi connectivity index (χ0) is 11.6. The van der Waals surface area contributed by atoms with Gasteiger partial charge in [0.25, 0.3) is 0 Å². The third kappa shape index (κ3) is 1.13. The van der Waals surface area contributed by atoms with Crippen molar-refractivity contribution in [3.05, 3.63) is 48.0 Å². The van der Waals surface area contributed by atoms with Gasteiger partial charge in [0.1, 0.15) is 0 Å². The van der Waals surface area contributed by atoms with Gasteiger partial charge in [-0.25, -0.2) is 0 Å². The summed E-state index contributed by atoms with van der Waals surface area (Å²) in [5.74, 6) is 2.53. The zero-order valence-corrected chi connectivity index (χ0v) is 10.3. The average Bonchev–Trinajstić information content (AvgIpc) is 2.94. The Kier molecular flexibility index (Phi) is 1.68. The molecule has 0 aliphatic heterocycles. The van der Waals surface area contributed by atoms with Crippen LogP contribution in [0.3, 0.4) is 0 Å². The smallest absolute Gasteiger partial charge is 0.00961 e. The van der Waals surface area contributed by atoms with Crippen LogP contribution in [0.25, 0.3) is 22.3 Å². The number of hydrogen-bond acceptors (Lipinski definition) is 0. The van der Waals surface area contributed by atoms with Crippen LogP contribution in [0.1, 0.15) is 25.3 Å². The molecule has 0 nitrogen and oxygen atoms in total. The van der Waals surface area contributed by atoms with Crippen molar-refractivity contribution in [2.24, 2.45) is 11.8 Å². The predicted molar refractivity (Wildman–Crippen MR) is 71.9 cm³/mol. The van der Waals surface area contributed by atoms with Crippen LogP contribution in [-0.4, -0.2) is 0 Å². The van der Waals surface area contributed by atoms with Gasteiger partial charge in [0.05, 0.1) is 0 Å². The number of benzene rings is 2. The van der Waals surface area contributed by atoms with Crippen molar-refractivity contribution in [3.63, 3.8) is 0 Å². The Hall–Kier alpha value is -1.56. The van der Waals surface area contributed by atoms with Crippen molar-refractivity contribution >= 4 is 0 Å². The van der Waals surface area contributed by atoms with E-state index in [9.17, 15) is 0 Å². The highest BCUT2D eigenvalue weighted by Gasteiger charge is 2.44. The first-order valence-corrected chi connectivity index (χ1v) is 6.51. The molecule has 4 rings (SSSR count). The molecule has 0 spiro atoms. The Morgan fingerprint density at radius 2 is 1.29 bits per heavy atom. The second kappa shape index (κ2) is 3.01. The standard InChI is InChI=1S/C17H16/c1-10-11(2)17(10)12-7-8-15-13-5-3-4-6-14(13)16(15)9-12/h3-11,17H,1-2H3/t10-,11+,17?. The van der Waals surface area contributed by atoms with Crippen LogP contribution < -0.4 is 0 Å². The fourth-order valence-corrected chi connectivity index (χ4v) is 3.39. The maximum absolute atomic E-state index is 2.42. The molecule has 84 valence electrons. The summed E-state index contributed by atoms with van der Waals surface area (Å²) in [4.78, 5) is 0. The first-order chi connectivity index (χ1) is 8.27. The summed E-state index contributed by atoms with van der Waals surface area (Å²) < 4.78 is 0. The van der Waals surface area contributed by atoms with Gasteiger partial charge in [0, 0.05) is 0 Å².